The molecule has 2 fully saturated rings. The van der Waals surface area contributed by atoms with E-state index in [0.29, 0.717) is 11.8 Å². The van der Waals surface area contributed by atoms with E-state index in [4.69, 9.17) is 4.74 Å². The molecule has 4 rings (SSSR count). The van der Waals surface area contributed by atoms with Crippen LogP contribution in [0, 0.1) is 11.8 Å². The maximum Gasteiger partial charge on any atom is 0.428 e. The molecule has 2 N–H and O–H groups in total. The smallest absolute Gasteiger partial charge is 0.428 e. The van der Waals surface area contributed by atoms with E-state index in [1.165, 1.54) is 12.5 Å². The molecule has 25 heavy (non-hydrogen) atoms. The molecule has 1 amide bonds. The molecule has 3 atom stereocenters. The highest BCUT2D eigenvalue weighted by molar-refractivity contribution is 6.04. The van der Waals surface area contributed by atoms with Crippen molar-refractivity contribution in [3.63, 3.8) is 0 Å². The highest BCUT2D eigenvalue weighted by Crippen LogP contribution is 2.46. The minimum Gasteiger partial charge on any atom is -0.442 e. The number of hydrogen-bond acceptors (Lipinski definition) is 4. The van der Waals surface area contributed by atoms with Gasteiger partial charge in [-0.25, -0.2) is 10.2 Å². The van der Waals surface area contributed by atoms with Crippen LogP contribution in [0.2, 0.25) is 0 Å². The van der Waals surface area contributed by atoms with Crippen LogP contribution in [0.5, 0.6) is 0 Å². The Balaban J connectivity index is 1.62. The number of ether oxygens (including phenoxy) is 1. The fourth-order valence-electron chi connectivity index (χ4n) is 4.16. The van der Waals surface area contributed by atoms with Gasteiger partial charge in [-0.1, -0.05) is 12.5 Å². The summed E-state index contributed by atoms with van der Waals surface area (Å²) in [5.41, 5.74) is 2.05. The summed E-state index contributed by atoms with van der Waals surface area (Å²) < 4.78 is 45.4. The molecule has 0 radical (unpaired) electrons. The second kappa shape index (κ2) is 5.93. The first-order valence-electron chi connectivity index (χ1n) is 8.37. The van der Waals surface area contributed by atoms with E-state index < -0.39 is 17.8 Å². The summed E-state index contributed by atoms with van der Waals surface area (Å²) in [6.07, 6.45) is -0.847. The van der Waals surface area contributed by atoms with Crippen molar-refractivity contribution in [3.8, 4) is 0 Å². The Labute approximate surface area is 142 Å². The molecule has 2 aliphatic carbocycles. The summed E-state index contributed by atoms with van der Waals surface area (Å²) in [6.45, 7) is -0.151. The zero-order valence-corrected chi connectivity index (χ0v) is 13.4. The number of halogens is 3. The lowest BCUT2D eigenvalue weighted by atomic mass is 9.94. The molecular weight excluding hydrogens is 335 g/mol. The predicted molar refractivity (Wildman–Crippen MR) is 85.3 cm³/mol. The van der Waals surface area contributed by atoms with Crippen LogP contribution in [0.3, 0.4) is 0 Å². The quantitative estimate of drug-likeness (QED) is 0.870. The molecular formula is C17H18F3N3O2. The second-order valence-corrected chi connectivity index (χ2v) is 6.93. The third-order valence-electron chi connectivity index (χ3n) is 5.36. The van der Waals surface area contributed by atoms with E-state index in [-0.39, 0.29) is 29.6 Å². The molecule has 1 heterocycles. The van der Waals surface area contributed by atoms with Gasteiger partial charge in [0.1, 0.15) is 12.3 Å². The van der Waals surface area contributed by atoms with Gasteiger partial charge in [0.15, 0.2) is 0 Å². The summed E-state index contributed by atoms with van der Waals surface area (Å²) in [6, 6.07) is 4.20. The fourth-order valence-corrected chi connectivity index (χ4v) is 4.16. The number of nitrogens with one attached hydrogen (secondary N) is 2. The second-order valence-electron chi connectivity index (χ2n) is 6.93. The molecule has 1 aromatic carbocycles. The van der Waals surface area contributed by atoms with Gasteiger partial charge in [-0.05, 0) is 43.2 Å². The van der Waals surface area contributed by atoms with Crippen molar-refractivity contribution in [1.82, 2.24) is 5.43 Å². The maximum atomic E-state index is 13.5. The lowest BCUT2D eigenvalue weighted by Crippen LogP contribution is -2.31. The molecule has 2 bridgehead atoms. The Kier molecular flexibility index (Phi) is 3.85. The first kappa shape index (κ1) is 16.2. The highest BCUT2D eigenvalue weighted by atomic mass is 19.4. The van der Waals surface area contributed by atoms with Crippen molar-refractivity contribution < 1.29 is 22.7 Å². The SMILES string of the molecule is O=C1NN=C(c2ccc(N[C@@H]3C[C@@H]4CC[C@@H]3C4)c(C(F)(F)F)c2)CO1. The van der Waals surface area contributed by atoms with Gasteiger partial charge in [0, 0.05) is 17.3 Å². The number of benzene rings is 1. The van der Waals surface area contributed by atoms with Crippen molar-refractivity contribution in [2.75, 3.05) is 11.9 Å². The third kappa shape index (κ3) is 3.17. The number of fused-ring (bicyclic) bond motifs is 2. The molecule has 1 aliphatic heterocycles. The number of amides is 1. The van der Waals surface area contributed by atoms with Crippen LogP contribution in [-0.2, 0) is 10.9 Å². The monoisotopic (exact) mass is 353 g/mol. The third-order valence-corrected chi connectivity index (χ3v) is 5.36. The van der Waals surface area contributed by atoms with Crippen LogP contribution >= 0.6 is 0 Å². The topological polar surface area (TPSA) is 62.7 Å². The Bertz CT molecular complexity index is 732. The number of cyclic esters (lactones) is 1. The van der Waals surface area contributed by atoms with E-state index in [1.54, 1.807) is 6.07 Å². The molecule has 134 valence electrons. The number of alkyl halides is 3. The number of hydrogen-bond donors (Lipinski definition) is 2. The summed E-state index contributed by atoms with van der Waals surface area (Å²) in [5.74, 6) is 1.12. The molecule has 1 aromatic rings. The number of anilines is 1. The van der Waals surface area contributed by atoms with Crippen molar-refractivity contribution in [2.45, 2.75) is 37.9 Å². The first-order chi connectivity index (χ1) is 11.9. The Morgan fingerprint density at radius 1 is 1.24 bits per heavy atom. The van der Waals surface area contributed by atoms with Crippen molar-refractivity contribution >= 4 is 17.5 Å². The minimum absolute atomic E-state index is 0.107. The number of hydrazone groups is 1. The Morgan fingerprint density at radius 2 is 2.08 bits per heavy atom. The fraction of sp³-hybridized carbons (Fsp3) is 0.529. The van der Waals surface area contributed by atoms with E-state index in [9.17, 15) is 18.0 Å². The Morgan fingerprint density at radius 3 is 2.68 bits per heavy atom. The van der Waals surface area contributed by atoms with Gasteiger partial charge in [0.05, 0.1) is 5.56 Å². The van der Waals surface area contributed by atoms with Crippen molar-refractivity contribution in [1.29, 1.82) is 0 Å². The Hall–Kier alpha value is -2.25. The van der Waals surface area contributed by atoms with Crippen molar-refractivity contribution in [2.24, 2.45) is 16.9 Å². The lowest BCUT2D eigenvalue weighted by Gasteiger charge is -2.26. The van der Waals surface area contributed by atoms with Gasteiger partial charge in [-0.2, -0.15) is 18.3 Å². The van der Waals surface area contributed by atoms with Gasteiger partial charge >= 0.3 is 12.3 Å². The molecule has 5 nitrogen and oxygen atoms in total. The largest absolute Gasteiger partial charge is 0.442 e. The highest BCUT2D eigenvalue weighted by Gasteiger charge is 2.41. The van der Waals surface area contributed by atoms with Crippen LogP contribution in [0.25, 0.3) is 0 Å². The van der Waals surface area contributed by atoms with Crippen LogP contribution in [0.15, 0.2) is 23.3 Å². The summed E-state index contributed by atoms with van der Waals surface area (Å²) >= 11 is 0. The maximum absolute atomic E-state index is 13.5. The zero-order valence-electron chi connectivity index (χ0n) is 13.4. The van der Waals surface area contributed by atoms with E-state index in [2.05, 4.69) is 15.8 Å². The number of carbonyl (C=O) groups excluding carboxylic acids is 1. The van der Waals surface area contributed by atoms with Gasteiger partial charge < -0.3 is 10.1 Å². The molecule has 0 spiro atoms. The summed E-state index contributed by atoms with van der Waals surface area (Å²) in [7, 11) is 0. The predicted octanol–water partition coefficient (Wildman–Crippen LogP) is 3.75. The summed E-state index contributed by atoms with van der Waals surface area (Å²) in [4.78, 5) is 10.9. The van der Waals surface area contributed by atoms with Crippen LogP contribution in [0.1, 0.15) is 36.8 Å². The lowest BCUT2D eigenvalue weighted by molar-refractivity contribution is -0.137. The van der Waals surface area contributed by atoms with E-state index >= 15 is 0 Å². The number of nitrogens with zero attached hydrogens (tertiary/aromatic N) is 1. The normalized spacial score (nSPS) is 28.4. The molecule has 8 heteroatoms. The molecule has 0 unspecified atom stereocenters. The van der Waals surface area contributed by atoms with Gasteiger partial charge in [-0.15, -0.1) is 0 Å². The summed E-state index contributed by atoms with van der Waals surface area (Å²) in [5, 5.41) is 6.90. The molecule has 3 aliphatic rings. The average molecular weight is 353 g/mol. The first-order valence-corrected chi connectivity index (χ1v) is 8.37. The van der Waals surface area contributed by atoms with Gasteiger partial charge in [0.25, 0.3) is 0 Å². The number of carbonyl (C=O) groups is 1. The van der Waals surface area contributed by atoms with Crippen LogP contribution in [-0.4, -0.2) is 24.5 Å². The molecule has 0 aromatic heterocycles. The van der Waals surface area contributed by atoms with Crippen LogP contribution in [0.4, 0.5) is 23.7 Å². The van der Waals surface area contributed by atoms with E-state index in [0.717, 1.165) is 25.3 Å². The van der Waals surface area contributed by atoms with Gasteiger partial charge in [0.2, 0.25) is 0 Å². The van der Waals surface area contributed by atoms with E-state index in [1.807, 2.05) is 0 Å². The van der Waals surface area contributed by atoms with Crippen LogP contribution < -0.4 is 10.7 Å². The van der Waals surface area contributed by atoms with Gasteiger partial charge in [-0.3, -0.25) is 0 Å². The average Bonchev–Trinajstić information content (AvgIpc) is 3.18. The standard InChI is InChI=1S/C17H18F3N3O2/c18-17(19,20)12-7-11(15-8-25-16(24)23-22-15)3-4-13(12)21-14-6-9-1-2-10(14)5-9/h3-4,7,9-10,14,21H,1-2,5-6,8H2,(H,23,24)/t9-,10-,14-/m1/s1. The molecule has 0 saturated heterocycles. The molecule has 2 saturated carbocycles. The zero-order chi connectivity index (χ0) is 17.6. The number of rotatable bonds is 3. The van der Waals surface area contributed by atoms with Crippen molar-refractivity contribution in [3.05, 3.63) is 29.3 Å². The minimum atomic E-state index is -4.48.